The molecule has 0 spiro atoms. The summed E-state index contributed by atoms with van der Waals surface area (Å²) in [6, 6.07) is 9.61. The quantitative estimate of drug-likeness (QED) is 0.798. The molecule has 0 aliphatic heterocycles. The highest BCUT2D eigenvalue weighted by Gasteiger charge is 2.68. The summed E-state index contributed by atoms with van der Waals surface area (Å²) < 4.78 is 23.6. The Morgan fingerprint density at radius 2 is 1.71 bits per heavy atom. The standard InChI is InChI=1S/C12H18N2O2S/c1-17(15,16)11-10(12(11,7-13)8-14)9-5-3-2-4-6-9/h2-6,10-11H,7-8,13-14H2,1H3/t10-,11-/m1/s1. The van der Waals surface area contributed by atoms with Crippen LogP contribution in [0.2, 0.25) is 0 Å². The zero-order valence-electron chi connectivity index (χ0n) is 9.84. The van der Waals surface area contributed by atoms with Crippen LogP contribution in [0.3, 0.4) is 0 Å². The summed E-state index contributed by atoms with van der Waals surface area (Å²) in [6.07, 6.45) is 1.26. The molecule has 1 saturated carbocycles. The maximum absolute atomic E-state index is 11.8. The lowest BCUT2D eigenvalue weighted by Gasteiger charge is -2.11. The van der Waals surface area contributed by atoms with Crippen molar-refractivity contribution < 1.29 is 8.42 Å². The largest absolute Gasteiger partial charge is 0.330 e. The lowest BCUT2D eigenvalue weighted by Crippen LogP contribution is -2.31. The van der Waals surface area contributed by atoms with Crippen molar-refractivity contribution in [2.75, 3.05) is 19.3 Å². The fourth-order valence-corrected chi connectivity index (χ4v) is 4.90. The molecule has 0 heterocycles. The van der Waals surface area contributed by atoms with Crippen LogP contribution < -0.4 is 11.5 Å². The van der Waals surface area contributed by atoms with Crippen molar-refractivity contribution in [3.05, 3.63) is 35.9 Å². The molecule has 1 aliphatic rings. The maximum Gasteiger partial charge on any atom is 0.151 e. The molecular formula is C12H18N2O2S. The van der Waals surface area contributed by atoms with Crippen LogP contribution in [-0.4, -0.2) is 33.0 Å². The normalized spacial score (nSPS) is 26.8. The number of nitrogens with two attached hydrogens (primary N) is 2. The Labute approximate surface area is 102 Å². The molecule has 0 aromatic heterocycles. The van der Waals surface area contributed by atoms with E-state index in [1.807, 2.05) is 30.3 Å². The van der Waals surface area contributed by atoms with E-state index in [2.05, 4.69) is 0 Å². The van der Waals surface area contributed by atoms with Crippen LogP contribution in [0.4, 0.5) is 0 Å². The summed E-state index contributed by atoms with van der Waals surface area (Å²) in [5.74, 6) is -0.0614. The summed E-state index contributed by atoms with van der Waals surface area (Å²) in [5.41, 5.74) is 12.0. The summed E-state index contributed by atoms with van der Waals surface area (Å²) in [7, 11) is -3.12. The smallest absolute Gasteiger partial charge is 0.151 e. The van der Waals surface area contributed by atoms with Gasteiger partial charge in [-0.1, -0.05) is 30.3 Å². The summed E-state index contributed by atoms with van der Waals surface area (Å²) in [5, 5.41) is -0.438. The zero-order chi connectivity index (χ0) is 12.7. The van der Waals surface area contributed by atoms with Crippen LogP contribution in [-0.2, 0) is 9.84 Å². The van der Waals surface area contributed by atoms with Crippen LogP contribution in [0.1, 0.15) is 11.5 Å². The summed E-state index contributed by atoms with van der Waals surface area (Å²) in [4.78, 5) is 0. The van der Waals surface area contributed by atoms with Gasteiger partial charge in [-0.3, -0.25) is 0 Å². The van der Waals surface area contributed by atoms with Crippen LogP contribution in [0.25, 0.3) is 0 Å². The summed E-state index contributed by atoms with van der Waals surface area (Å²) in [6.45, 7) is 0.613. The van der Waals surface area contributed by atoms with Crippen molar-refractivity contribution in [3.8, 4) is 0 Å². The molecule has 17 heavy (non-hydrogen) atoms. The Morgan fingerprint density at radius 1 is 1.18 bits per heavy atom. The topological polar surface area (TPSA) is 86.2 Å². The van der Waals surface area contributed by atoms with E-state index in [0.717, 1.165) is 5.56 Å². The molecule has 1 aromatic rings. The van der Waals surface area contributed by atoms with Gasteiger partial charge in [0.25, 0.3) is 0 Å². The molecule has 0 radical (unpaired) electrons. The fraction of sp³-hybridized carbons (Fsp3) is 0.500. The van der Waals surface area contributed by atoms with E-state index in [0.29, 0.717) is 13.1 Å². The van der Waals surface area contributed by atoms with Gasteiger partial charge in [0.1, 0.15) is 0 Å². The Balaban J connectivity index is 2.42. The van der Waals surface area contributed by atoms with E-state index in [1.165, 1.54) is 6.26 Å². The molecule has 4 N–H and O–H groups in total. The highest BCUT2D eigenvalue weighted by Crippen LogP contribution is 2.61. The van der Waals surface area contributed by atoms with Crippen molar-refractivity contribution >= 4 is 9.84 Å². The van der Waals surface area contributed by atoms with Gasteiger partial charge in [0.15, 0.2) is 9.84 Å². The Morgan fingerprint density at radius 3 is 2.06 bits per heavy atom. The molecule has 1 aromatic carbocycles. The van der Waals surface area contributed by atoms with Crippen molar-refractivity contribution in [1.29, 1.82) is 0 Å². The Kier molecular flexibility index (Phi) is 3.01. The zero-order valence-corrected chi connectivity index (χ0v) is 10.7. The fourth-order valence-electron chi connectivity index (χ4n) is 2.86. The van der Waals surface area contributed by atoms with Gasteiger partial charge in [-0.05, 0) is 5.56 Å². The molecular weight excluding hydrogens is 236 g/mol. The van der Waals surface area contributed by atoms with E-state index in [1.54, 1.807) is 0 Å². The van der Waals surface area contributed by atoms with Gasteiger partial charge in [0, 0.05) is 30.7 Å². The maximum atomic E-state index is 11.8. The second kappa shape index (κ2) is 4.08. The van der Waals surface area contributed by atoms with Gasteiger partial charge >= 0.3 is 0 Å². The van der Waals surface area contributed by atoms with Crippen LogP contribution in [0.5, 0.6) is 0 Å². The van der Waals surface area contributed by atoms with Gasteiger partial charge in [0.2, 0.25) is 0 Å². The van der Waals surface area contributed by atoms with Crippen LogP contribution in [0.15, 0.2) is 30.3 Å². The molecule has 2 atom stereocenters. The first-order valence-electron chi connectivity index (χ1n) is 5.61. The van der Waals surface area contributed by atoms with Crippen molar-refractivity contribution in [3.63, 3.8) is 0 Å². The number of hydrogen-bond donors (Lipinski definition) is 2. The monoisotopic (exact) mass is 254 g/mol. The predicted molar refractivity (Wildman–Crippen MR) is 68.4 cm³/mol. The summed E-state index contributed by atoms with van der Waals surface area (Å²) >= 11 is 0. The molecule has 0 bridgehead atoms. The van der Waals surface area contributed by atoms with Gasteiger partial charge in [-0.15, -0.1) is 0 Å². The minimum absolute atomic E-state index is 0.0614. The average molecular weight is 254 g/mol. The molecule has 0 unspecified atom stereocenters. The number of sulfone groups is 1. The minimum atomic E-state index is -3.12. The number of benzene rings is 1. The highest BCUT2D eigenvalue weighted by molar-refractivity contribution is 7.91. The number of hydrogen-bond acceptors (Lipinski definition) is 4. The predicted octanol–water partition coefficient (Wildman–Crippen LogP) is 0.101. The average Bonchev–Trinajstić information content (AvgIpc) is 3.00. The van der Waals surface area contributed by atoms with Crippen LogP contribution >= 0.6 is 0 Å². The van der Waals surface area contributed by atoms with E-state index in [-0.39, 0.29) is 5.92 Å². The molecule has 4 nitrogen and oxygen atoms in total. The van der Waals surface area contributed by atoms with Crippen molar-refractivity contribution in [2.45, 2.75) is 11.2 Å². The van der Waals surface area contributed by atoms with Crippen molar-refractivity contribution in [1.82, 2.24) is 0 Å². The molecule has 5 heteroatoms. The lowest BCUT2D eigenvalue weighted by atomic mass is 9.99. The number of rotatable bonds is 4. The molecule has 0 saturated heterocycles. The van der Waals surface area contributed by atoms with Gasteiger partial charge in [-0.25, -0.2) is 8.42 Å². The van der Waals surface area contributed by atoms with E-state index >= 15 is 0 Å². The Bertz CT molecular complexity index is 494. The van der Waals surface area contributed by atoms with Crippen molar-refractivity contribution in [2.24, 2.45) is 16.9 Å². The van der Waals surface area contributed by atoms with Gasteiger partial charge in [-0.2, -0.15) is 0 Å². The van der Waals surface area contributed by atoms with E-state index < -0.39 is 20.5 Å². The first-order chi connectivity index (χ1) is 7.97. The van der Waals surface area contributed by atoms with E-state index in [9.17, 15) is 8.42 Å². The lowest BCUT2D eigenvalue weighted by molar-refractivity contribution is 0.511. The van der Waals surface area contributed by atoms with Gasteiger partial charge < -0.3 is 11.5 Å². The SMILES string of the molecule is CS(=O)(=O)[C@@H]1[C@@H](c2ccccc2)C1(CN)CN. The molecule has 94 valence electrons. The molecule has 1 fully saturated rings. The third kappa shape index (κ3) is 1.88. The van der Waals surface area contributed by atoms with Gasteiger partial charge in [0.05, 0.1) is 5.25 Å². The third-order valence-corrected chi connectivity index (χ3v) is 5.42. The highest BCUT2D eigenvalue weighted by atomic mass is 32.2. The first kappa shape index (κ1) is 12.5. The molecule has 0 amide bonds. The minimum Gasteiger partial charge on any atom is -0.330 e. The van der Waals surface area contributed by atoms with Crippen LogP contribution in [0, 0.1) is 5.41 Å². The Hall–Kier alpha value is -0.910. The second-order valence-corrected chi connectivity index (χ2v) is 6.95. The molecule has 2 rings (SSSR count). The third-order valence-electron chi connectivity index (χ3n) is 3.76. The van der Waals surface area contributed by atoms with E-state index in [4.69, 9.17) is 11.5 Å². The first-order valence-corrected chi connectivity index (χ1v) is 7.57. The molecule has 1 aliphatic carbocycles. The second-order valence-electron chi connectivity index (χ2n) is 4.78.